The van der Waals surface area contributed by atoms with Crippen molar-refractivity contribution in [1.82, 2.24) is 9.97 Å². The number of Topliss-reactive ketones (excluding diaryl/α,β-unsaturated/α-hetero) is 1. The highest BCUT2D eigenvalue weighted by atomic mass is 32.2. The molecule has 0 fully saturated rings. The van der Waals surface area contributed by atoms with Gasteiger partial charge < -0.3 is 4.98 Å². The van der Waals surface area contributed by atoms with Gasteiger partial charge >= 0.3 is 0 Å². The number of hydrogen-bond donors (Lipinski definition) is 1. The minimum atomic E-state index is -0.351. The Morgan fingerprint density at radius 1 is 0.926 bits per heavy atom. The summed E-state index contributed by atoms with van der Waals surface area (Å²) in [7, 11) is 0. The number of nitrogens with one attached hydrogen (secondary N) is 1. The maximum absolute atomic E-state index is 13.2. The fourth-order valence-corrected chi connectivity index (χ4v) is 4.15. The molecule has 1 atom stereocenters. The van der Waals surface area contributed by atoms with E-state index in [2.05, 4.69) is 31.0 Å². The van der Waals surface area contributed by atoms with Crippen molar-refractivity contribution < 1.29 is 4.79 Å². The van der Waals surface area contributed by atoms with Crippen LogP contribution in [-0.2, 0) is 0 Å². The summed E-state index contributed by atoms with van der Waals surface area (Å²) >= 11 is 1.47. The maximum Gasteiger partial charge on any atom is 0.180 e. The Morgan fingerprint density at radius 2 is 1.56 bits per heavy atom. The first-order valence-corrected chi connectivity index (χ1v) is 9.77. The fraction of sp³-hybridized carbons (Fsp3) is 0.130. The average Bonchev–Trinajstić information content (AvgIpc) is 3.08. The lowest BCUT2D eigenvalue weighted by atomic mass is 10.0. The van der Waals surface area contributed by atoms with Gasteiger partial charge in [-0.3, -0.25) is 4.79 Å². The van der Waals surface area contributed by atoms with E-state index in [0.29, 0.717) is 5.56 Å². The van der Waals surface area contributed by atoms with Gasteiger partial charge in [-0.05, 0) is 42.7 Å². The van der Waals surface area contributed by atoms with E-state index in [4.69, 9.17) is 4.98 Å². The van der Waals surface area contributed by atoms with Crippen LogP contribution in [0, 0.1) is 13.8 Å². The number of benzene rings is 3. The Bertz CT molecular complexity index is 1050. The third kappa shape index (κ3) is 3.67. The molecule has 0 radical (unpaired) electrons. The summed E-state index contributed by atoms with van der Waals surface area (Å²) in [4.78, 5) is 21.3. The molecule has 1 heterocycles. The zero-order valence-electron chi connectivity index (χ0n) is 15.3. The Balaban J connectivity index is 1.72. The second-order valence-corrected chi connectivity index (χ2v) is 7.73. The number of aryl methyl sites for hydroxylation is 2. The van der Waals surface area contributed by atoms with E-state index in [1.54, 1.807) is 0 Å². The van der Waals surface area contributed by atoms with E-state index in [1.807, 2.05) is 60.7 Å². The predicted octanol–water partition coefficient (Wildman–Crippen LogP) is 5.90. The third-order valence-corrected chi connectivity index (χ3v) is 5.84. The van der Waals surface area contributed by atoms with Gasteiger partial charge in [-0.2, -0.15) is 0 Å². The van der Waals surface area contributed by atoms with Gasteiger partial charge in [0, 0.05) is 5.56 Å². The maximum atomic E-state index is 13.2. The molecule has 3 aromatic carbocycles. The van der Waals surface area contributed by atoms with E-state index < -0.39 is 0 Å². The summed E-state index contributed by atoms with van der Waals surface area (Å²) < 4.78 is 0. The zero-order valence-corrected chi connectivity index (χ0v) is 16.1. The number of imidazole rings is 1. The number of carbonyl (C=O) groups excluding carboxylic acids is 1. The molecule has 0 bridgehead atoms. The van der Waals surface area contributed by atoms with Crippen LogP contribution in [0.3, 0.4) is 0 Å². The van der Waals surface area contributed by atoms with E-state index >= 15 is 0 Å². The van der Waals surface area contributed by atoms with Crippen LogP contribution in [0.25, 0.3) is 11.0 Å². The Hall–Kier alpha value is -2.85. The first-order valence-electron chi connectivity index (χ1n) is 8.89. The Morgan fingerprint density at radius 3 is 2.26 bits per heavy atom. The number of thioether (sulfide) groups is 1. The lowest BCUT2D eigenvalue weighted by molar-refractivity contribution is 0.0989. The van der Waals surface area contributed by atoms with Crippen molar-refractivity contribution in [3.05, 3.63) is 95.1 Å². The quantitative estimate of drug-likeness (QED) is 0.351. The van der Waals surface area contributed by atoms with Crippen LogP contribution in [0.1, 0.15) is 32.3 Å². The molecule has 0 spiro atoms. The van der Waals surface area contributed by atoms with Gasteiger partial charge in [-0.15, -0.1) is 0 Å². The van der Waals surface area contributed by atoms with Crippen LogP contribution in [0.5, 0.6) is 0 Å². The van der Waals surface area contributed by atoms with Crippen molar-refractivity contribution in [2.45, 2.75) is 24.3 Å². The van der Waals surface area contributed by atoms with Gasteiger partial charge in [0.05, 0.1) is 11.0 Å². The molecular formula is C23H20N2OS. The van der Waals surface area contributed by atoms with Crippen LogP contribution in [0.2, 0.25) is 0 Å². The number of aromatic nitrogens is 2. The number of rotatable bonds is 5. The number of H-pyrrole nitrogens is 1. The van der Waals surface area contributed by atoms with Crippen molar-refractivity contribution in [1.29, 1.82) is 0 Å². The molecular weight excluding hydrogens is 352 g/mol. The zero-order chi connectivity index (χ0) is 18.8. The molecule has 0 saturated carbocycles. The van der Waals surface area contributed by atoms with Gasteiger partial charge in [0.15, 0.2) is 10.9 Å². The largest absolute Gasteiger partial charge is 0.333 e. The molecule has 1 N–H and O–H groups in total. The number of nitrogens with zero attached hydrogens (tertiary/aromatic N) is 1. The molecule has 0 amide bonds. The van der Waals surface area contributed by atoms with Gasteiger partial charge in [-0.25, -0.2) is 4.98 Å². The molecule has 134 valence electrons. The van der Waals surface area contributed by atoms with Crippen molar-refractivity contribution in [2.24, 2.45) is 0 Å². The standard InChI is InChI=1S/C23H20N2OS/c1-15-13-19-20(14-16(15)2)25-23(24-19)27-22(18-11-7-4-8-12-18)21(26)17-9-5-3-6-10-17/h3-14,22H,1-2H3,(H,24,25)/t22-/m0/s1. The molecule has 4 rings (SSSR count). The van der Waals surface area contributed by atoms with Crippen molar-refractivity contribution in [2.75, 3.05) is 0 Å². The first kappa shape index (κ1) is 17.6. The topological polar surface area (TPSA) is 45.8 Å². The van der Waals surface area contributed by atoms with Crippen molar-refractivity contribution in [3.8, 4) is 0 Å². The summed E-state index contributed by atoms with van der Waals surface area (Å²) in [6.45, 7) is 4.18. The van der Waals surface area contributed by atoms with Crippen LogP contribution >= 0.6 is 11.8 Å². The molecule has 4 heteroatoms. The minimum Gasteiger partial charge on any atom is -0.333 e. The highest BCUT2D eigenvalue weighted by Crippen LogP contribution is 2.37. The van der Waals surface area contributed by atoms with Crippen LogP contribution in [0.15, 0.2) is 78.0 Å². The molecule has 27 heavy (non-hydrogen) atoms. The SMILES string of the molecule is Cc1cc2nc(S[C@H](C(=O)c3ccccc3)c3ccccc3)[nH]c2cc1C. The van der Waals surface area contributed by atoms with Crippen LogP contribution in [0.4, 0.5) is 0 Å². The van der Waals surface area contributed by atoms with E-state index in [-0.39, 0.29) is 11.0 Å². The van der Waals surface area contributed by atoms with Gasteiger partial charge in [0.2, 0.25) is 0 Å². The molecule has 1 aromatic heterocycles. The van der Waals surface area contributed by atoms with E-state index in [9.17, 15) is 4.79 Å². The smallest absolute Gasteiger partial charge is 0.180 e. The predicted molar refractivity (Wildman–Crippen MR) is 111 cm³/mol. The van der Waals surface area contributed by atoms with Crippen molar-refractivity contribution >= 4 is 28.6 Å². The monoisotopic (exact) mass is 372 g/mol. The van der Waals surface area contributed by atoms with Gasteiger partial charge in [0.25, 0.3) is 0 Å². The second-order valence-electron chi connectivity index (χ2n) is 6.63. The highest BCUT2D eigenvalue weighted by molar-refractivity contribution is 8.00. The average molecular weight is 372 g/mol. The fourth-order valence-electron chi connectivity index (χ4n) is 3.07. The second kappa shape index (κ2) is 7.41. The third-order valence-electron chi connectivity index (χ3n) is 4.70. The Kier molecular flexibility index (Phi) is 4.82. The highest BCUT2D eigenvalue weighted by Gasteiger charge is 2.24. The Labute approximate surface area is 162 Å². The minimum absolute atomic E-state index is 0.0830. The molecule has 0 saturated heterocycles. The summed E-state index contributed by atoms with van der Waals surface area (Å²) in [5.41, 5.74) is 6.05. The van der Waals surface area contributed by atoms with E-state index in [1.165, 1.54) is 22.9 Å². The lowest BCUT2D eigenvalue weighted by Crippen LogP contribution is -2.10. The lowest BCUT2D eigenvalue weighted by Gasteiger charge is -2.14. The van der Waals surface area contributed by atoms with Gasteiger partial charge in [-0.1, -0.05) is 72.4 Å². The summed E-state index contributed by atoms with van der Waals surface area (Å²) in [6.07, 6.45) is 0. The molecule has 3 nitrogen and oxygen atoms in total. The normalized spacial score (nSPS) is 12.2. The molecule has 0 unspecified atom stereocenters. The van der Waals surface area contributed by atoms with Gasteiger partial charge in [0.1, 0.15) is 5.25 Å². The number of fused-ring (bicyclic) bond motifs is 1. The number of carbonyl (C=O) groups is 1. The number of aromatic amines is 1. The molecule has 0 aliphatic heterocycles. The molecule has 0 aliphatic rings. The number of ketones is 1. The first-order chi connectivity index (χ1) is 13.1. The van der Waals surface area contributed by atoms with Crippen LogP contribution < -0.4 is 0 Å². The number of hydrogen-bond acceptors (Lipinski definition) is 3. The van der Waals surface area contributed by atoms with Crippen LogP contribution in [-0.4, -0.2) is 15.8 Å². The summed E-state index contributed by atoms with van der Waals surface area (Å²) in [5, 5.41) is 0.407. The summed E-state index contributed by atoms with van der Waals surface area (Å²) in [5.74, 6) is 0.0830. The van der Waals surface area contributed by atoms with E-state index in [0.717, 1.165) is 21.8 Å². The summed E-state index contributed by atoms with van der Waals surface area (Å²) in [6, 6.07) is 23.5. The molecule has 0 aliphatic carbocycles. The van der Waals surface area contributed by atoms with Crippen molar-refractivity contribution in [3.63, 3.8) is 0 Å². The molecule has 4 aromatic rings.